The van der Waals surface area contributed by atoms with Crippen LogP contribution in [0, 0.1) is 6.92 Å². The van der Waals surface area contributed by atoms with Crippen LogP contribution in [-0.2, 0) is 13.0 Å². The van der Waals surface area contributed by atoms with Gasteiger partial charge in [0.15, 0.2) is 0 Å². The van der Waals surface area contributed by atoms with Crippen LogP contribution in [0.3, 0.4) is 0 Å². The lowest BCUT2D eigenvalue weighted by molar-refractivity contribution is 0.356. The van der Waals surface area contributed by atoms with E-state index in [2.05, 4.69) is 43.4 Å². The molecule has 2 rings (SSSR count). The summed E-state index contributed by atoms with van der Waals surface area (Å²) in [6.07, 6.45) is 2.12. The molecular weight excluding hydrogens is 258 g/mol. The first-order chi connectivity index (χ1) is 9.98. The van der Waals surface area contributed by atoms with Crippen LogP contribution in [0.25, 0.3) is 0 Å². The third-order valence-electron chi connectivity index (χ3n) is 3.96. The highest BCUT2D eigenvalue weighted by Gasteiger charge is 2.17. The summed E-state index contributed by atoms with van der Waals surface area (Å²) >= 11 is 0. The van der Waals surface area contributed by atoms with Gasteiger partial charge in [-0.05, 0) is 44.7 Å². The van der Waals surface area contributed by atoms with E-state index in [1.807, 2.05) is 31.2 Å². The summed E-state index contributed by atoms with van der Waals surface area (Å²) in [4.78, 5) is 0. The van der Waals surface area contributed by atoms with Gasteiger partial charge in [0.1, 0.15) is 5.75 Å². The largest absolute Gasteiger partial charge is 0.507 e. The predicted molar refractivity (Wildman–Crippen MR) is 88.5 cm³/mol. The molecular formula is C19H25NO. The first-order valence-electron chi connectivity index (χ1n) is 7.54. The third-order valence-corrected chi connectivity index (χ3v) is 3.96. The zero-order valence-electron chi connectivity index (χ0n) is 13.2. The summed E-state index contributed by atoms with van der Waals surface area (Å²) in [5, 5.41) is 13.6. The third kappa shape index (κ3) is 4.61. The van der Waals surface area contributed by atoms with Gasteiger partial charge in [-0.25, -0.2) is 0 Å². The van der Waals surface area contributed by atoms with Crippen LogP contribution in [0.5, 0.6) is 5.75 Å². The Hall–Kier alpha value is -1.80. The van der Waals surface area contributed by atoms with Crippen LogP contribution in [0.2, 0.25) is 0 Å². The predicted octanol–water partition coefficient (Wildman–Crippen LogP) is 4.20. The topological polar surface area (TPSA) is 32.3 Å². The first-order valence-corrected chi connectivity index (χ1v) is 7.54. The number of aryl methyl sites for hydroxylation is 2. The summed E-state index contributed by atoms with van der Waals surface area (Å²) in [6, 6.07) is 16.4. The van der Waals surface area contributed by atoms with Gasteiger partial charge in [-0.15, -0.1) is 0 Å². The van der Waals surface area contributed by atoms with E-state index in [0.717, 1.165) is 24.0 Å². The zero-order chi connectivity index (χ0) is 15.3. The molecule has 0 atom stereocenters. The van der Waals surface area contributed by atoms with Gasteiger partial charge in [0.05, 0.1) is 0 Å². The van der Waals surface area contributed by atoms with Crippen LogP contribution in [0.15, 0.2) is 48.5 Å². The van der Waals surface area contributed by atoms with E-state index < -0.39 is 0 Å². The Morgan fingerprint density at radius 3 is 2.43 bits per heavy atom. The maximum absolute atomic E-state index is 10.1. The molecule has 112 valence electrons. The number of phenols is 1. The highest BCUT2D eigenvalue weighted by atomic mass is 16.3. The molecule has 0 aliphatic heterocycles. The maximum atomic E-state index is 10.1. The molecule has 0 saturated carbocycles. The summed E-state index contributed by atoms with van der Waals surface area (Å²) in [7, 11) is 0. The zero-order valence-corrected chi connectivity index (χ0v) is 13.2. The van der Waals surface area contributed by atoms with Crippen molar-refractivity contribution in [3.05, 3.63) is 65.2 Å². The molecule has 0 aliphatic rings. The number of hydrogen-bond acceptors (Lipinski definition) is 2. The molecule has 0 heterocycles. The van der Waals surface area contributed by atoms with E-state index in [0.29, 0.717) is 12.3 Å². The number of benzene rings is 2. The number of aromatic hydroxyl groups is 1. The number of hydrogen-bond donors (Lipinski definition) is 2. The maximum Gasteiger partial charge on any atom is 0.122 e. The van der Waals surface area contributed by atoms with Crippen molar-refractivity contribution in [3.8, 4) is 5.75 Å². The van der Waals surface area contributed by atoms with Gasteiger partial charge in [0.2, 0.25) is 0 Å². The monoisotopic (exact) mass is 283 g/mol. The number of nitrogens with one attached hydrogen (secondary N) is 1. The van der Waals surface area contributed by atoms with Gasteiger partial charge in [-0.2, -0.15) is 0 Å². The van der Waals surface area contributed by atoms with Gasteiger partial charge >= 0.3 is 0 Å². The molecule has 2 nitrogen and oxygen atoms in total. The molecule has 0 saturated heterocycles. The van der Waals surface area contributed by atoms with Crippen LogP contribution in [-0.4, -0.2) is 10.6 Å². The molecule has 0 radical (unpaired) electrons. The van der Waals surface area contributed by atoms with Crippen LogP contribution in [0.1, 0.15) is 37.0 Å². The van der Waals surface area contributed by atoms with Crippen molar-refractivity contribution in [2.45, 2.75) is 45.7 Å². The highest BCUT2D eigenvalue weighted by Crippen LogP contribution is 2.22. The molecule has 2 aromatic carbocycles. The van der Waals surface area contributed by atoms with E-state index in [9.17, 15) is 5.11 Å². The van der Waals surface area contributed by atoms with E-state index >= 15 is 0 Å². The van der Waals surface area contributed by atoms with Gasteiger partial charge in [-0.1, -0.05) is 48.5 Å². The molecule has 0 amide bonds. The minimum absolute atomic E-state index is 0.0338. The minimum Gasteiger partial charge on any atom is -0.507 e. The lowest BCUT2D eigenvalue weighted by atomic mass is 9.95. The average molecular weight is 283 g/mol. The Kier molecular flexibility index (Phi) is 5.03. The number of phenolic OH excluding ortho intramolecular Hbond substituents is 1. The lowest BCUT2D eigenvalue weighted by Gasteiger charge is -2.27. The van der Waals surface area contributed by atoms with Crippen LogP contribution < -0.4 is 5.32 Å². The van der Waals surface area contributed by atoms with Gasteiger partial charge < -0.3 is 10.4 Å². The normalized spacial score (nSPS) is 11.6. The fourth-order valence-corrected chi connectivity index (χ4v) is 2.39. The number of rotatable bonds is 6. The Morgan fingerprint density at radius 2 is 1.71 bits per heavy atom. The van der Waals surface area contributed by atoms with Crippen LogP contribution in [0.4, 0.5) is 0 Å². The molecule has 0 bridgehead atoms. The molecule has 0 aromatic heterocycles. The van der Waals surface area contributed by atoms with Gasteiger partial charge in [0, 0.05) is 17.6 Å². The van der Waals surface area contributed by atoms with Crippen molar-refractivity contribution >= 4 is 0 Å². The molecule has 21 heavy (non-hydrogen) atoms. The second-order valence-electron chi connectivity index (χ2n) is 6.31. The van der Waals surface area contributed by atoms with E-state index in [1.54, 1.807) is 0 Å². The van der Waals surface area contributed by atoms with Crippen molar-refractivity contribution < 1.29 is 5.11 Å². The number of para-hydroxylation sites is 1. The van der Waals surface area contributed by atoms with E-state index in [4.69, 9.17) is 0 Å². The molecule has 0 spiro atoms. The Balaban J connectivity index is 1.90. The molecule has 0 aliphatic carbocycles. The molecule has 2 heteroatoms. The Labute approximate surface area is 127 Å². The van der Waals surface area contributed by atoms with Crippen molar-refractivity contribution in [1.29, 1.82) is 0 Å². The quantitative estimate of drug-likeness (QED) is 0.832. The SMILES string of the molecule is Cc1cccc(CNC(C)(C)CCc2ccccc2)c1O. The van der Waals surface area contributed by atoms with Gasteiger partial charge in [-0.3, -0.25) is 0 Å². The molecule has 0 unspecified atom stereocenters. The first kappa shape index (κ1) is 15.6. The van der Waals surface area contributed by atoms with E-state index in [-0.39, 0.29) is 5.54 Å². The summed E-state index contributed by atoms with van der Waals surface area (Å²) in [5.41, 5.74) is 3.29. The molecule has 2 aromatic rings. The second-order valence-corrected chi connectivity index (χ2v) is 6.31. The van der Waals surface area contributed by atoms with Crippen molar-refractivity contribution in [1.82, 2.24) is 5.32 Å². The Bertz CT molecular complexity index is 575. The fraction of sp³-hybridized carbons (Fsp3) is 0.368. The van der Waals surface area contributed by atoms with Crippen molar-refractivity contribution in [2.75, 3.05) is 0 Å². The minimum atomic E-state index is 0.0338. The smallest absolute Gasteiger partial charge is 0.122 e. The standard InChI is InChI=1S/C19H25NO/c1-15-8-7-11-17(18(15)21)14-20-19(2,3)13-12-16-9-5-4-6-10-16/h4-11,20-21H,12-14H2,1-3H3. The van der Waals surface area contributed by atoms with Crippen molar-refractivity contribution in [3.63, 3.8) is 0 Å². The average Bonchev–Trinajstić information content (AvgIpc) is 2.48. The lowest BCUT2D eigenvalue weighted by Crippen LogP contribution is -2.39. The second kappa shape index (κ2) is 6.77. The Morgan fingerprint density at radius 1 is 1.00 bits per heavy atom. The summed E-state index contributed by atoms with van der Waals surface area (Å²) in [6.45, 7) is 7.04. The summed E-state index contributed by atoms with van der Waals surface area (Å²) < 4.78 is 0. The fourth-order valence-electron chi connectivity index (χ4n) is 2.39. The van der Waals surface area contributed by atoms with E-state index in [1.165, 1.54) is 5.56 Å². The molecule has 2 N–H and O–H groups in total. The molecule has 0 fully saturated rings. The summed E-state index contributed by atoms with van der Waals surface area (Å²) in [5.74, 6) is 0.406. The van der Waals surface area contributed by atoms with Crippen molar-refractivity contribution in [2.24, 2.45) is 0 Å². The van der Waals surface area contributed by atoms with Gasteiger partial charge in [0.25, 0.3) is 0 Å². The van der Waals surface area contributed by atoms with Crippen LogP contribution >= 0.6 is 0 Å². The highest BCUT2D eigenvalue weighted by molar-refractivity contribution is 5.39.